The molecular formula is C29H33N7O6. The highest BCUT2D eigenvalue weighted by Crippen LogP contribution is 2.21. The van der Waals surface area contributed by atoms with Crippen LogP contribution in [0.3, 0.4) is 0 Å². The number of aliphatic carboxylic acids is 1. The first kappa shape index (κ1) is 29.8. The number of nitrogens with one attached hydrogen (secondary N) is 5. The summed E-state index contributed by atoms with van der Waals surface area (Å²) >= 11 is 0. The molecule has 4 amide bonds. The number of aromatic nitrogens is 2. The number of fused-ring (bicyclic) bond motifs is 2. The van der Waals surface area contributed by atoms with Crippen LogP contribution in [0.5, 0.6) is 0 Å². The molecule has 0 radical (unpaired) electrons. The quantitative estimate of drug-likeness (QED) is 0.104. The molecular weight excluding hydrogens is 542 g/mol. The molecule has 0 aliphatic carbocycles. The van der Waals surface area contributed by atoms with E-state index in [1.54, 1.807) is 12.4 Å². The predicted octanol–water partition coefficient (Wildman–Crippen LogP) is 0.198. The number of aromatic amines is 2. The molecule has 0 fully saturated rings. The van der Waals surface area contributed by atoms with Crippen molar-refractivity contribution >= 4 is 51.4 Å². The summed E-state index contributed by atoms with van der Waals surface area (Å²) in [6, 6.07) is 11.1. The van der Waals surface area contributed by atoms with Gasteiger partial charge in [-0.2, -0.15) is 0 Å². The molecule has 13 heteroatoms. The third-order valence-electron chi connectivity index (χ3n) is 6.96. The SMILES string of the molecule is NCC(=O)NC(Cc1c[nH]c2ccccc12)C(=O)NC(Cc1c[nH]c2ccccc12)C(=O)NC(CCC(N)=O)C(=O)O. The Bertz CT molecular complexity index is 1610. The van der Waals surface area contributed by atoms with Gasteiger partial charge in [-0.3, -0.25) is 19.2 Å². The number of carboxylic acid groups (broad SMARTS) is 1. The monoisotopic (exact) mass is 575 g/mol. The van der Waals surface area contributed by atoms with E-state index < -0.39 is 47.7 Å². The number of H-pyrrole nitrogens is 2. The lowest BCUT2D eigenvalue weighted by atomic mass is 10.0. The van der Waals surface area contributed by atoms with E-state index in [-0.39, 0.29) is 32.2 Å². The van der Waals surface area contributed by atoms with Gasteiger partial charge in [-0.15, -0.1) is 0 Å². The van der Waals surface area contributed by atoms with Crippen LogP contribution >= 0.6 is 0 Å². The zero-order valence-corrected chi connectivity index (χ0v) is 22.7. The first-order valence-corrected chi connectivity index (χ1v) is 13.4. The average Bonchev–Trinajstić information content (AvgIpc) is 3.58. The van der Waals surface area contributed by atoms with Crippen LogP contribution < -0.4 is 27.4 Å². The molecule has 2 aromatic carbocycles. The number of hydrogen-bond donors (Lipinski definition) is 8. The van der Waals surface area contributed by atoms with Gasteiger partial charge in [0.25, 0.3) is 0 Å². The van der Waals surface area contributed by atoms with Crippen molar-refractivity contribution < 1.29 is 29.1 Å². The maximum atomic E-state index is 13.7. The molecule has 2 aromatic heterocycles. The predicted molar refractivity (Wildman–Crippen MR) is 155 cm³/mol. The molecule has 220 valence electrons. The Morgan fingerprint density at radius 3 is 1.69 bits per heavy atom. The third kappa shape index (κ3) is 7.31. The fourth-order valence-electron chi connectivity index (χ4n) is 4.80. The number of carbonyl (C=O) groups excluding carboxylic acids is 4. The van der Waals surface area contributed by atoms with Crippen LogP contribution in [0.15, 0.2) is 60.9 Å². The second kappa shape index (κ2) is 13.5. The van der Waals surface area contributed by atoms with Crippen molar-refractivity contribution in [1.29, 1.82) is 0 Å². The highest BCUT2D eigenvalue weighted by Gasteiger charge is 2.31. The van der Waals surface area contributed by atoms with Gasteiger partial charge in [0.1, 0.15) is 18.1 Å². The van der Waals surface area contributed by atoms with Gasteiger partial charge in [-0.05, 0) is 29.7 Å². The van der Waals surface area contributed by atoms with E-state index in [2.05, 4.69) is 25.9 Å². The number of carbonyl (C=O) groups is 5. The Kier molecular flexibility index (Phi) is 9.55. The van der Waals surface area contributed by atoms with Gasteiger partial charge in [0, 0.05) is 53.5 Å². The molecule has 0 saturated carbocycles. The zero-order chi connectivity index (χ0) is 30.2. The summed E-state index contributed by atoms with van der Waals surface area (Å²) in [5.41, 5.74) is 13.8. The standard InChI is InChI=1S/C29H33N7O6/c30-13-26(38)34-23(11-16-14-32-20-7-3-1-5-18(16)20)27(39)36-24(12-17-15-33-21-8-4-2-6-19(17)21)28(40)35-22(29(41)42)9-10-25(31)37/h1-8,14-15,22-24,32-33H,9-13,30H2,(H2,31,37)(H,34,38)(H,35,40)(H,36,39)(H,41,42). The van der Waals surface area contributed by atoms with Crippen molar-refractivity contribution in [3.05, 3.63) is 72.1 Å². The minimum atomic E-state index is -1.41. The normalized spacial score (nSPS) is 13.3. The summed E-state index contributed by atoms with van der Waals surface area (Å²) in [6.07, 6.45) is 3.08. The van der Waals surface area contributed by atoms with Gasteiger partial charge >= 0.3 is 5.97 Å². The first-order chi connectivity index (χ1) is 20.2. The molecule has 42 heavy (non-hydrogen) atoms. The largest absolute Gasteiger partial charge is 0.480 e. The number of para-hydroxylation sites is 2. The van der Waals surface area contributed by atoms with Crippen molar-refractivity contribution in [1.82, 2.24) is 25.9 Å². The van der Waals surface area contributed by atoms with Crippen LogP contribution in [0.4, 0.5) is 0 Å². The number of carboxylic acids is 1. The molecule has 0 saturated heterocycles. The number of benzene rings is 2. The van der Waals surface area contributed by atoms with E-state index in [0.717, 1.165) is 27.4 Å². The fraction of sp³-hybridized carbons (Fsp3) is 0.276. The Morgan fingerprint density at radius 1 is 0.738 bits per heavy atom. The number of primary amides is 1. The van der Waals surface area contributed by atoms with Crippen molar-refractivity contribution in [2.75, 3.05) is 6.54 Å². The maximum absolute atomic E-state index is 13.7. The van der Waals surface area contributed by atoms with Crippen LogP contribution in [0.25, 0.3) is 21.8 Å². The van der Waals surface area contributed by atoms with Gasteiger partial charge in [0.15, 0.2) is 0 Å². The lowest BCUT2D eigenvalue weighted by molar-refractivity contribution is -0.142. The van der Waals surface area contributed by atoms with Gasteiger partial charge in [-0.25, -0.2) is 4.79 Å². The van der Waals surface area contributed by atoms with Crippen LogP contribution in [-0.2, 0) is 36.8 Å². The van der Waals surface area contributed by atoms with Gasteiger partial charge in [0.2, 0.25) is 23.6 Å². The highest BCUT2D eigenvalue weighted by atomic mass is 16.4. The summed E-state index contributed by atoms with van der Waals surface area (Å²) in [6.45, 7) is -0.350. The topological polar surface area (TPSA) is 225 Å². The summed E-state index contributed by atoms with van der Waals surface area (Å²) in [7, 11) is 0. The number of hydrogen-bond acceptors (Lipinski definition) is 6. The van der Waals surface area contributed by atoms with E-state index in [1.807, 2.05) is 48.5 Å². The van der Waals surface area contributed by atoms with E-state index in [9.17, 15) is 29.1 Å². The molecule has 2 heterocycles. The van der Waals surface area contributed by atoms with E-state index in [4.69, 9.17) is 11.5 Å². The molecule has 3 atom stereocenters. The molecule has 10 N–H and O–H groups in total. The second-order valence-corrected chi connectivity index (χ2v) is 9.92. The van der Waals surface area contributed by atoms with Crippen LogP contribution in [-0.4, -0.2) is 69.3 Å². The van der Waals surface area contributed by atoms with Crippen molar-refractivity contribution in [3.8, 4) is 0 Å². The van der Waals surface area contributed by atoms with E-state index >= 15 is 0 Å². The van der Waals surface area contributed by atoms with E-state index in [0.29, 0.717) is 5.56 Å². The molecule has 13 nitrogen and oxygen atoms in total. The van der Waals surface area contributed by atoms with Gasteiger partial charge < -0.3 is 42.5 Å². The lowest BCUT2D eigenvalue weighted by Gasteiger charge is -2.24. The zero-order valence-electron chi connectivity index (χ0n) is 22.7. The number of nitrogens with two attached hydrogens (primary N) is 2. The fourth-order valence-corrected chi connectivity index (χ4v) is 4.80. The summed E-state index contributed by atoms with van der Waals surface area (Å²) in [5, 5.41) is 19.0. The van der Waals surface area contributed by atoms with Gasteiger partial charge in [-0.1, -0.05) is 36.4 Å². The lowest BCUT2D eigenvalue weighted by Crippen LogP contribution is -2.57. The summed E-state index contributed by atoms with van der Waals surface area (Å²) in [5.74, 6) is -4.07. The van der Waals surface area contributed by atoms with Crippen molar-refractivity contribution in [3.63, 3.8) is 0 Å². The highest BCUT2D eigenvalue weighted by molar-refractivity contribution is 5.95. The molecule has 3 unspecified atom stereocenters. The van der Waals surface area contributed by atoms with E-state index in [1.165, 1.54) is 0 Å². The number of rotatable bonds is 14. The molecule has 4 aromatic rings. The Balaban J connectivity index is 1.61. The summed E-state index contributed by atoms with van der Waals surface area (Å²) in [4.78, 5) is 68.7. The van der Waals surface area contributed by atoms with Crippen LogP contribution in [0.1, 0.15) is 24.0 Å². The number of amides is 4. The van der Waals surface area contributed by atoms with Crippen molar-refractivity contribution in [2.45, 2.75) is 43.8 Å². The summed E-state index contributed by atoms with van der Waals surface area (Å²) < 4.78 is 0. The molecule has 0 aliphatic heterocycles. The Hall–Kier alpha value is -5.17. The second-order valence-electron chi connectivity index (χ2n) is 9.92. The maximum Gasteiger partial charge on any atom is 0.326 e. The minimum Gasteiger partial charge on any atom is -0.480 e. The molecule has 0 spiro atoms. The minimum absolute atomic E-state index is 0.00832. The van der Waals surface area contributed by atoms with Crippen LogP contribution in [0.2, 0.25) is 0 Å². The molecule has 0 bridgehead atoms. The Morgan fingerprint density at radius 2 is 1.21 bits per heavy atom. The van der Waals surface area contributed by atoms with Crippen molar-refractivity contribution in [2.24, 2.45) is 11.5 Å². The molecule has 4 rings (SSSR count). The third-order valence-corrected chi connectivity index (χ3v) is 6.96. The average molecular weight is 576 g/mol. The smallest absolute Gasteiger partial charge is 0.326 e. The van der Waals surface area contributed by atoms with Gasteiger partial charge in [0.05, 0.1) is 6.54 Å². The Labute approximate surface area is 240 Å². The molecule has 0 aliphatic rings. The first-order valence-electron chi connectivity index (χ1n) is 13.4. The van der Waals surface area contributed by atoms with Crippen LogP contribution in [0, 0.1) is 0 Å².